The van der Waals surface area contributed by atoms with Crippen LogP contribution in [0.4, 0.5) is 0 Å². The maximum atomic E-state index is 4.77. The van der Waals surface area contributed by atoms with Gasteiger partial charge in [0, 0.05) is 0 Å². The van der Waals surface area contributed by atoms with Gasteiger partial charge in [0.25, 0.3) is 0 Å². The predicted octanol–water partition coefficient (Wildman–Crippen LogP) is 3.23. The van der Waals surface area contributed by atoms with Crippen LogP contribution in [0, 0.1) is 0 Å². The first kappa shape index (κ1) is 13.1. The van der Waals surface area contributed by atoms with Crippen LogP contribution in [0.3, 0.4) is 0 Å². The van der Waals surface area contributed by atoms with Gasteiger partial charge in [-0.1, -0.05) is 32.9 Å². The van der Waals surface area contributed by atoms with Gasteiger partial charge in [-0.05, 0) is 19.8 Å². The van der Waals surface area contributed by atoms with Gasteiger partial charge in [-0.3, -0.25) is 0 Å². The lowest BCUT2D eigenvalue weighted by Crippen LogP contribution is -2.02. The van der Waals surface area contributed by atoms with Crippen molar-refractivity contribution in [3.8, 4) is 0 Å². The van der Waals surface area contributed by atoms with Gasteiger partial charge in [0.05, 0.1) is 5.71 Å². The zero-order valence-electron chi connectivity index (χ0n) is 8.48. The molecular weight excluding hydrogens is 138 g/mol. The Morgan fingerprint density at radius 2 is 1.73 bits per heavy atom. The molecule has 0 bridgehead atoms. The van der Waals surface area contributed by atoms with Crippen LogP contribution >= 0.6 is 0 Å². The summed E-state index contributed by atoms with van der Waals surface area (Å²) in [7, 11) is 0. The minimum Gasteiger partial charge on any atom is -0.396 e. The molecule has 0 amide bonds. The zero-order valence-corrected chi connectivity index (χ0v) is 8.48. The van der Waals surface area contributed by atoms with Gasteiger partial charge in [0.2, 0.25) is 0 Å². The van der Waals surface area contributed by atoms with Crippen molar-refractivity contribution in [1.82, 2.24) is 0 Å². The fraction of sp³-hybridized carbons (Fsp3) is 0.889. The molecule has 0 atom stereocenters. The fourth-order valence-electron chi connectivity index (χ4n) is 0.594. The van der Waals surface area contributed by atoms with E-state index in [1.165, 1.54) is 0 Å². The van der Waals surface area contributed by atoms with Gasteiger partial charge in [-0.25, -0.2) is 0 Å². The molecule has 0 radical (unpaired) electrons. The first-order valence-electron chi connectivity index (χ1n) is 4.55. The highest BCUT2D eigenvalue weighted by Gasteiger charge is 1.97. The highest BCUT2D eigenvalue weighted by molar-refractivity contribution is 5.81. The Labute approximate surface area is 70.6 Å². The normalized spacial score (nSPS) is 14.1. The van der Waals surface area contributed by atoms with E-state index in [1.807, 2.05) is 34.6 Å². The van der Waals surface area contributed by atoms with Crippen molar-refractivity contribution in [1.29, 1.82) is 0 Å². The molecule has 0 aromatic rings. The average molecular weight is 159 g/mol. The Morgan fingerprint density at radius 3 is 1.91 bits per heavy atom. The van der Waals surface area contributed by atoms with Crippen LogP contribution in [0.1, 0.15) is 47.5 Å². The smallest absolute Gasteiger partial charge is 0.117 e. The van der Waals surface area contributed by atoms with E-state index in [1.54, 1.807) is 0 Å². The summed E-state index contributed by atoms with van der Waals surface area (Å²) in [6.45, 7) is 10.8. The van der Waals surface area contributed by atoms with Gasteiger partial charge in [0.15, 0.2) is 0 Å². The van der Waals surface area contributed by atoms with E-state index >= 15 is 0 Å². The molecule has 1 rings (SSSR count). The molecule has 0 aliphatic carbocycles. The average Bonchev–Trinajstić information content (AvgIpc) is 2.13. The van der Waals surface area contributed by atoms with Crippen LogP contribution in [0.25, 0.3) is 0 Å². The van der Waals surface area contributed by atoms with Crippen LogP contribution in [-0.4, -0.2) is 12.3 Å². The summed E-state index contributed by atoms with van der Waals surface area (Å²) in [5.74, 6) is 0. The molecule has 0 unspecified atom stereocenters. The topological polar surface area (TPSA) is 21.6 Å². The molecule has 2 nitrogen and oxygen atoms in total. The van der Waals surface area contributed by atoms with Gasteiger partial charge in [-0.2, -0.15) is 0 Å². The van der Waals surface area contributed by atoms with Crippen molar-refractivity contribution in [2.75, 3.05) is 6.61 Å². The van der Waals surface area contributed by atoms with Gasteiger partial charge in [-0.15, -0.1) is 0 Å². The van der Waals surface area contributed by atoms with Crippen molar-refractivity contribution in [2.45, 2.75) is 47.5 Å². The van der Waals surface area contributed by atoms with E-state index in [9.17, 15) is 0 Å². The maximum Gasteiger partial charge on any atom is 0.117 e. The third kappa shape index (κ3) is 9.47. The Hall–Kier alpha value is -0.530. The quantitative estimate of drug-likeness (QED) is 0.531. The van der Waals surface area contributed by atoms with Crippen LogP contribution in [0.15, 0.2) is 5.16 Å². The van der Waals surface area contributed by atoms with E-state index in [-0.39, 0.29) is 0 Å². The van der Waals surface area contributed by atoms with Gasteiger partial charge in [0.1, 0.15) is 6.61 Å². The highest BCUT2D eigenvalue weighted by atomic mass is 16.6. The summed E-state index contributed by atoms with van der Waals surface area (Å²) >= 11 is 0. The summed E-state index contributed by atoms with van der Waals surface area (Å²) in [5.41, 5.74) is 1.12. The minimum atomic E-state index is 0.803. The molecule has 2 heteroatoms. The lowest BCUT2D eigenvalue weighted by Gasteiger charge is -2.05. The third-order valence-electron chi connectivity index (χ3n) is 0.995. The summed E-state index contributed by atoms with van der Waals surface area (Å²) in [5, 5.41) is 3.75. The lowest BCUT2D eigenvalue weighted by atomic mass is 10.2. The summed E-state index contributed by atoms with van der Waals surface area (Å²) in [6, 6.07) is 0. The predicted molar refractivity (Wildman–Crippen MR) is 51.0 cm³/mol. The second-order valence-corrected chi connectivity index (χ2v) is 1.76. The lowest BCUT2D eigenvalue weighted by molar-refractivity contribution is 0.131. The molecule has 0 saturated carbocycles. The molecular formula is C9H21NO. The number of hydrogen-bond acceptors (Lipinski definition) is 2. The summed E-state index contributed by atoms with van der Waals surface area (Å²) in [4.78, 5) is 4.77. The first-order valence-corrected chi connectivity index (χ1v) is 4.55. The fourth-order valence-corrected chi connectivity index (χ4v) is 0.594. The summed E-state index contributed by atoms with van der Waals surface area (Å²) < 4.78 is 0. The number of oxime groups is 1. The Kier molecular flexibility index (Phi) is 14.5. The standard InChI is InChI=1S/C5H9NO.2C2H6/c1-5-3-2-4-7-6-5;2*1-2/h2-4H2,1H3;2*1-2H3. The van der Waals surface area contributed by atoms with Crippen molar-refractivity contribution in [3.63, 3.8) is 0 Å². The van der Waals surface area contributed by atoms with Crippen LogP contribution in [0.2, 0.25) is 0 Å². The second-order valence-electron chi connectivity index (χ2n) is 1.76. The molecule has 1 aliphatic heterocycles. The Bertz CT molecular complexity index is 89.6. The maximum absolute atomic E-state index is 4.77. The van der Waals surface area contributed by atoms with E-state index < -0.39 is 0 Å². The van der Waals surface area contributed by atoms with E-state index in [0.29, 0.717) is 0 Å². The first-order chi connectivity index (χ1) is 5.39. The monoisotopic (exact) mass is 159 g/mol. The zero-order chi connectivity index (χ0) is 9.11. The molecule has 0 aromatic heterocycles. The van der Waals surface area contributed by atoms with Crippen molar-refractivity contribution in [2.24, 2.45) is 5.16 Å². The van der Waals surface area contributed by atoms with Crippen molar-refractivity contribution >= 4 is 5.71 Å². The van der Waals surface area contributed by atoms with E-state index in [4.69, 9.17) is 4.84 Å². The molecule has 0 spiro atoms. The number of rotatable bonds is 0. The molecule has 68 valence electrons. The van der Waals surface area contributed by atoms with Gasteiger partial charge < -0.3 is 4.84 Å². The molecule has 1 aliphatic rings. The summed E-state index contributed by atoms with van der Waals surface area (Å²) in [6.07, 6.45) is 2.25. The molecule has 11 heavy (non-hydrogen) atoms. The van der Waals surface area contributed by atoms with Crippen LogP contribution in [0.5, 0.6) is 0 Å². The molecule has 0 fully saturated rings. The number of hydrogen-bond donors (Lipinski definition) is 0. The third-order valence-corrected chi connectivity index (χ3v) is 0.995. The van der Waals surface area contributed by atoms with Crippen molar-refractivity contribution < 1.29 is 4.84 Å². The minimum absolute atomic E-state index is 0.803. The van der Waals surface area contributed by atoms with E-state index in [2.05, 4.69) is 5.16 Å². The van der Waals surface area contributed by atoms with Crippen LogP contribution in [-0.2, 0) is 4.84 Å². The van der Waals surface area contributed by atoms with E-state index in [0.717, 1.165) is 25.2 Å². The number of nitrogens with zero attached hydrogens (tertiary/aromatic N) is 1. The highest BCUT2D eigenvalue weighted by Crippen LogP contribution is 2.00. The Balaban J connectivity index is 0. The van der Waals surface area contributed by atoms with Crippen molar-refractivity contribution in [3.05, 3.63) is 0 Å². The Morgan fingerprint density at radius 1 is 1.18 bits per heavy atom. The van der Waals surface area contributed by atoms with Crippen LogP contribution < -0.4 is 0 Å². The van der Waals surface area contributed by atoms with Gasteiger partial charge >= 0.3 is 0 Å². The molecule has 1 heterocycles. The SMILES string of the molecule is CC.CC.CC1=NOCCC1. The molecule has 0 saturated heterocycles. The largest absolute Gasteiger partial charge is 0.396 e. The molecule has 0 N–H and O–H groups in total. The second kappa shape index (κ2) is 12.2. The molecule has 0 aromatic carbocycles.